The van der Waals surface area contributed by atoms with E-state index in [1.807, 2.05) is 76.8 Å². The fourth-order valence-electron chi connectivity index (χ4n) is 2.67. The highest BCUT2D eigenvalue weighted by atomic mass is 32.1. The molecule has 0 amide bonds. The van der Waals surface area contributed by atoms with Crippen molar-refractivity contribution in [3.63, 3.8) is 0 Å². The molecule has 8 heterocycles. The molecule has 0 aliphatic heterocycles. The van der Waals surface area contributed by atoms with Crippen molar-refractivity contribution >= 4 is 22.7 Å². The number of rotatable bonds is 0. The van der Waals surface area contributed by atoms with E-state index < -0.39 is 0 Å². The molecule has 8 rings (SSSR count). The number of H-pyrrole nitrogens is 3. The molecule has 0 atom stereocenters. The summed E-state index contributed by atoms with van der Waals surface area (Å²) >= 11 is 3.52. The van der Waals surface area contributed by atoms with Crippen LogP contribution in [0.15, 0.2) is 132 Å². The van der Waals surface area contributed by atoms with Crippen molar-refractivity contribution < 1.29 is 4.52 Å². The van der Waals surface area contributed by atoms with Gasteiger partial charge in [0, 0.05) is 72.3 Å². The summed E-state index contributed by atoms with van der Waals surface area (Å²) in [5.41, 5.74) is 7.07. The summed E-state index contributed by atoms with van der Waals surface area (Å²) < 4.78 is 6.35. The molecule has 11 nitrogen and oxygen atoms in total. The van der Waals surface area contributed by atoms with Crippen molar-refractivity contribution in [3.8, 4) is 0 Å². The molecule has 0 aromatic carbocycles. The molecule has 13 heteroatoms. The first-order valence-corrected chi connectivity index (χ1v) is 17.0. The highest BCUT2D eigenvalue weighted by Gasteiger charge is 1.79. The highest BCUT2D eigenvalue weighted by Crippen LogP contribution is 2.03. The number of aromatic amines is 3. The number of aromatic nitrogens is 10. The zero-order valence-corrected chi connectivity index (χ0v) is 31.1. The maximum Gasteiger partial charge on any atom is 0.126 e. The van der Waals surface area contributed by atoms with Crippen molar-refractivity contribution in [2.24, 2.45) is 7.05 Å². The quantitative estimate of drug-likeness (QED) is 0.143. The van der Waals surface area contributed by atoms with Gasteiger partial charge in [-0.2, -0.15) is 21.5 Å². The Hall–Kier alpha value is -5.40. The molecular formula is C36H48N10OS2. The number of aryl methyl sites for hydroxylation is 8. The minimum Gasteiger partial charge on any atom is -0.365 e. The Labute approximate surface area is 297 Å². The van der Waals surface area contributed by atoms with Gasteiger partial charge in [0.25, 0.3) is 0 Å². The molecule has 0 spiro atoms. The molecular weight excluding hydrogens is 653 g/mol. The summed E-state index contributed by atoms with van der Waals surface area (Å²) in [6, 6.07) is 12.1. The lowest BCUT2D eigenvalue weighted by molar-refractivity contribution is 0.419. The lowest BCUT2D eigenvalue weighted by atomic mass is 10.3. The summed E-state index contributed by atoms with van der Waals surface area (Å²) in [7, 11) is 1.94. The molecule has 3 N–H and O–H groups in total. The Morgan fingerprint density at radius 3 is 1.67 bits per heavy atom. The number of hydrogen-bond acceptors (Lipinski definition) is 9. The maximum atomic E-state index is 4.46. The highest BCUT2D eigenvalue weighted by molar-refractivity contribution is 7.09. The number of nitrogens with one attached hydrogen (secondary N) is 3. The van der Waals surface area contributed by atoms with E-state index in [1.54, 1.807) is 85.0 Å². The van der Waals surface area contributed by atoms with E-state index in [4.69, 9.17) is 0 Å². The van der Waals surface area contributed by atoms with Gasteiger partial charge in [-0.15, -0.1) is 11.3 Å². The predicted molar refractivity (Wildman–Crippen MR) is 202 cm³/mol. The molecule has 8 aromatic heterocycles. The minimum absolute atomic E-state index is 1.06. The summed E-state index contributed by atoms with van der Waals surface area (Å²) in [5.74, 6) is 0. The largest absolute Gasteiger partial charge is 0.365 e. The van der Waals surface area contributed by atoms with Crippen molar-refractivity contribution in [3.05, 3.63) is 166 Å². The van der Waals surface area contributed by atoms with Gasteiger partial charge in [-0.05, 0) is 112 Å². The third kappa shape index (κ3) is 26.4. The molecule has 0 aliphatic rings. The van der Waals surface area contributed by atoms with Gasteiger partial charge in [-0.25, -0.2) is 9.97 Å². The summed E-state index contributed by atoms with van der Waals surface area (Å²) in [6.07, 6.45) is 21.0. The lowest BCUT2D eigenvalue weighted by Gasteiger charge is -1.82. The number of thiophene rings is 2. The van der Waals surface area contributed by atoms with E-state index >= 15 is 0 Å². The van der Waals surface area contributed by atoms with Crippen molar-refractivity contribution in [2.45, 2.75) is 48.5 Å². The van der Waals surface area contributed by atoms with Gasteiger partial charge < -0.3 is 14.1 Å². The first kappa shape index (κ1) is 41.6. The average Bonchev–Trinajstić information content (AvgIpc) is 3.92. The van der Waals surface area contributed by atoms with E-state index in [0.29, 0.717) is 0 Å². The van der Waals surface area contributed by atoms with Gasteiger partial charge in [0.2, 0.25) is 0 Å². The van der Waals surface area contributed by atoms with Crippen LogP contribution >= 0.6 is 22.7 Å². The van der Waals surface area contributed by atoms with Crippen LogP contribution in [0.25, 0.3) is 0 Å². The number of nitrogens with zero attached hydrogens (tertiary/aromatic N) is 7. The van der Waals surface area contributed by atoms with Crippen molar-refractivity contribution in [2.75, 3.05) is 0 Å². The van der Waals surface area contributed by atoms with Crippen LogP contribution < -0.4 is 0 Å². The molecule has 8 aromatic rings. The average molecular weight is 701 g/mol. The SMILES string of the molecule is Cc1cccs1.Cc1ccn[nH]1.Cc1ccncc1.Cc1ccsc1.Cc1cn[nH]c1.Cc1cnc[nH]1.Cc1cnoc1.Cn1ccnc1. The third-order valence-corrected chi connectivity index (χ3v) is 6.88. The molecule has 0 bridgehead atoms. The summed E-state index contributed by atoms with van der Waals surface area (Å²) in [5, 5.41) is 22.6. The fourth-order valence-corrected chi connectivity index (χ4v) is 3.86. The molecule has 0 unspecified atom stereocenters. The van der Waals surface area contributed by atoms with Crippen LogP contribution in [0, 0.1) is 48.5 Å². The van der Waals surface area contributed by atoms with Crippen LogP contribution in [-0.2, 0) is 7.05 Å². The van der Waals surface area contributed by atoms with Crippen LogP contribution in [0.3, 0.4) is 0 Å². The first-order valence-electron chi connectivity index (χ1n) is 15.2. The van der Waals surface area contributed by atoms with Gasteiger partial charge in [-0.3, -0.25) is 15.2 Å². The number of pyridine rings is 1. The third-order valence-electron chi connectivity index (χ3n) is 5.28. The summed E-state index contributed by atoms with van der Waals surface area (Å²) in [6.45, 7) is 14.1. The molecule has 0 radical (unpaired) electrons. The van der Waals surface area contributed by atoms with E-state index in [2.05, 4.69) is 98.2 Å². The number of hydrogen-bond donors (Lipinski definition) is 3. The van der Waals surface area contributed by atoms with Crippen molar-refractivity contribution in [1.82, 2.24) is 50.1 Å². The second kappa shape index (κ2) is 27.7. The van der Waals surface area contributed by atoms with Crippen LogP contribution in [0.4, 0.5) is 0 Å². The summed E-state index contributed by atoms with van der Waals surface area (Å²) in [4.78, 5) is 15.7. The molecule has 49 heavy (non-hydrogen) atoms. The molecule has 260 valence electrons. The van der Waals surface area contributed by atoms with Gasteiger partial charge >= 0.3 is 0 Å². The van der Waals surface area contributed by atoms with E-state index in [9.17, 15) is 0 Å². The Balaban J connectivity index is 0.000000280. The van der Waals surface area contributed by atoms with Crippen LogP contribution in [0.1, 0.15) is 38.5 Å². The Bertz CT molecular complexity index is 1380. The topological polar surface area (TPSA) is 143 Å². The Morgan fingerprint density at radius 2 is 1.49 bits per heavy atom. The Kier molecular flexibility index (Phi) is 23.5. The zero-order valence-electron chi connectivity index (χ0n) is 29.5. The van der Waals surface area contributed by atoms with Crippen LogP contribution in [0.5, 0.6) is 0 Å². The maximum absolute atomic E-state index is 4.46. The predicted octanol–water partition coefficient (Wildman–Crippen LogP) is 9.06. The van der Waals surface area contributed by atoms with Crippen LogP contribution in [-0.4, -0.2) is 50.1 Å². The van der Waals surface area contributed by atoms with Gasteiger partial charge in [-0.1, -0.05) is 11.2 Å². The molecule has 0 aliphatic carbocycles. The molecule has 0 saturated carbocycles. The second-order valence-corrected chi connectivity index (χ2v) is 12.2. The van der Waals surface area contributed by atoms with E-state index in [-0.39, 0.29) is 0 Å². The monoisotopic (exact) mass is 700 g/mol. The minimum atomic E-state index is 1.06. The molecule has 0 saturated heterocycles. The standard InChI is InChI=1S/C6H7N.2C5H6S.4C4H6N2.C4H5NO/c1-6-2-4-7-5-3-6;1-5-2-3-6-4-5;1-5-3-2-4-6-5;1-4-2-5-3-6-4;1-4-2-5-6-3-4;1-6-3-2-5-4-6;1-4-2-3-5-6-4;1-4-2-5-6-3-4/h2-5H,1H3;2*2-4H,1H3;2*2-3H,1H3,(H,5,6);2-4H,1H3;2-3H,1H3,(H,5,6);2-3H,1H3. The fraction of sp³-hybridized carbons (Fsp3) is 0.222. The van der Waals surface area contributed by atoms with Gasteiger partial charge in [0.15, 0.2) is 0 Å². The zero-order chi connectivity index (χ0) is 36.0. The smallest absolute Gasteiger partial charge is 0.126 e. The first-order chi connectivity index (χ1) is 23.7. The number of imidazole rings is 2. The van der Waals surface area contributed by atoms with Gasteiger partial charge in [0.1, 0.15) is 6.26 Å². The second-order valence-electron chi connectivity index (χ2n) is 10.2. The molecule has 0 fully saturated rings. The normalized spacial score (nSPS) is 8.82. The lowest BCUT2D eigenvalue weighted by Crippen LogP contribution is -1.76. The Morgan fingerprint density at radius 1 is 0.694 bits per heavy atom. The van der Waals surface area contributed by atoms with Crippen molar-refractivity contribution in [1.29, 1.82) is 0 Å². The van der Waals surface area contributed by atoms with E-state index in [0.717, 1.165) is 17.0 Å². The van der Waals surface area contributed by atoms with Crippen LogP contribution in [0.2, 0.25) is 0 Å². The van der Waals surface area contributed by atoms with E-state index in [1.165, 1.54) is 21.6 Å². The van der Waals surface area contributed by atoms with Gasteiger partial charge in [0.05, 0.1) is 25.0 Å².